The smallest absolute Gasteiger partial charge is 0.261 e. The van der Waals surface area contributed by atoms with Gasteiger partial charge in [-0.05, 0) is 78.1 Å². The molecule has 1 aliphatic heterocycles. The predicted octanol–water partition coefficient (Wildman–Crippen LogP) is 6.63. The molecule has 2 N–H and O–H groups in total. The largest absolute Gasteiger partial charge is 0.497 e. The molecule has 5 nitrogen and oxygen atoms in total. The molecule has 33 heavy (non-hydrogen) atoms. The van der Waals surface area contributed by atoms with Gasteiger partial charge in [0.25, 0.3) is 10.0 Å². The molecule has 0 amide bonds. The zero-order chi connectivity index (χ0) is 23.2. The number of fused-ring (bicyclic) bond motifs is 3. The van der Waals surface area contributed by atoms with Crippen LogP contribution in [-0.4, -0.2) is 15.5 Å². The molecule has 3 aromatic carbocycles. The number of ether oxygens (including phenoxy) is 1. The van der Waals surface area contributed by atoms with Crippen molar-refractivity contribution in [2.45, 2.75) is 23.3 Å². The lowest BCUT2D eigenvalue weighted by molar-refractivity contribution is 0.415. The van der Waals surface area contributed by atoms with Crippen molar-refractivity contribution in [1.29, 1.82) is 0 Å². The van der Waals surface area contributed by atoms with Crippen molar-refractivity contribution < 1.29 is 13.2 Å². The molecule has 0 fully saturated rings. The Hall–Kier alpha value is -2.67. The monoisotopic (exact) mass is 500 g/mol. The number of anilines is 2. The molecule has 8 heteroatoms. The van der Waals surface area contributed by atoms with Gasteiger partial charge in [0.1, 0.15) is 5.75 Å². The molecule has 0 bridgehead atoms. The lowest BCUT2D eigenvalue weighted by Crippen LogP contribution is -2.29. The van der Waals surface area contributed by atoms with E-state index < -0.39 is 10.0 Å². The summed E-state index contributed by atoms with van der Waals surface area (Å²) >= 11 is 12.6. The third kappa shape index (κ3) is 4.19. The van der Waals surface area contributed by atoms with E-state index in [9.17, 15) is 8.42 Å². The van der Waals surface area contributed by atoms with Gasteiger partial charge in [0.2, 0.25) is 0 Å². The molecular weight excluding hydrogens is 479 g/mol. The highest BCUT2D eigenvalue weighted by molar-refractivity contribution is 7.92. The highest BCUT2D eigenvalue weighted by Gasteiger charge is 2.39. The molecule has 0 saturated heterocycles. The lowest BCUT2D eigenvalue weighted by Gasteiger charge is -2.38. The average Bonchev–Trinajstić information content (AvgIpc) is 3.29. The molecule has 0 saturated carbocycles. The summed E-state index contributed by atoms with van der Waals surface area (Å²) in [6.45, 7) is 0. The number of methoxy groups -OCH3 is 1. The fourth-order valence-corrected chi connectivity index (χ4v) is 6.29. The summed E-state index contributed by atoms with van der Waals surface area (Å²) in [6, 6.07) is 17.6. The van der Waals surface area contributed by atoms with Crippen LogP contribution < -0.4 is 14.8 Å². The second-order valence-corrected chi connectivity index (χ2v) is 10.8. The van der Waals surface area contributed by atoms with E-state index in [1.165, 1.54) is 0 Å². The van der Waals surface area contributed by atoms with Crippen LogP contribution in [0.4, 0.5) is 11.4 Å². The Morgan fingerprint density at radius 2 is 1.79 bits per heavy atom. The summed E-state index contributed by atoms with van der Waals surface area (Å²) in [7, 11) is -2.18. The second kappa shape index (κ2) is 8.60. The van der Waals surface area contributed by atoms with Gasteiger partial charge in [-0.3, -0.25) is 4.72 Å². The standard InChI is InChI=1S/C25H22Cl2N2O3S/c1-32-17-8-6-16(7-9-17)29-33(30,31)18-10-12-24-22(14-18)19-3-2-4-20(19)25(28-24)21-11-5-15(26)13-23(21)27/h2-3,5-14,19-20,25,28-29H,4H2,1H3/t19-,20+,25-/m0/s1. The number of allylic oxidation sites excluding steroid dienone is 2. The highest BCUT2D eigenvalue weighted by Crippen LogP contribution is 2.51. The second-order valence-electron chi connectivity index (χ2n) is 8.22. The van der Waals surface area contributed by atoms with Crippen LogP contribution in [0.25, 0.3) is 0 Å². The minimum absolute atomic E-state index is 0.00199. The first-order valence-corrected chi connectivity index (χ1v) is 12.8. The van der Waals surface area contributed by atoms with E-state index in [0.717, 1.165) is 23.2 Å². The predicted molar refractivity (Wildman–Crippen MR) is 133 cm³/mol. The maximum atomic E-state index is 13.1. The maximum absolute atomic E-state index is 13.1. The molecule has 2 aliphatic rings. The zero-order valence-electron chi connectivity index (χ0n) is 17.8. The minimum atomic E-state index is -3.75. The molecule has 1 heterocycles. The van der Waals surface area contributed by atoms with Crippen LogP contribution in [0, 0.1) is 5.92 Å². The SMILES string of the molecule is COc1ccc(NS(=O)(=O)c2ccc3c(c2)[C@H]2C=CC[C@H]2[C@@H](c2ccc(Cl)cc2Cl)N3)cc1. The van der Waals surface area contributed by atoms with Gasteiger partial charge in [0, 0.05) is 27.3 Å². The Balaban J connectivity index is 1.47. The summed E-state index contributed by atoms with van der Waals surface area (Å²) in [5.74, 6) is 0.977. The number of sulfonamides is 1. The Kier molecular flexibility index (Phi) is 5.77. The van der Waals surface area contributed by atoms with Gasteiger partial charge in [-0.1, -0.05) is 41.4 Å². The van der Waals surface area contributed by atoms with Crippen LogP contribution in [0.1, 0.15) is 29.5 Å². The fraction of sp³-hybridized carbons (Fsp3) is 0.200. The van der Waals surface area contributed by atoms with Crippen molar-refractivity contribution in [2.24, 2.45) is 5.92 Å². The summed E-state index contributed by atoms with van der Waals surface area (Å²) < 4.78 is 34.0. The molecule has 3 aromatic rings. The van der Waals surface area contributed by atoms with E-state index in [0.29, 0.717) is 21.5 Å². The normalized spacial score (nSPS) is 21.1. The Morgan fingerprint density at radius 3 is 2.52 bits per heavy atom. The third-order valence-corrected chi connectivity index (χ3v) is 8.23. The Bertz CT molecular complexity index is 1340. The van der Waals surface area contributed by atoms with Crippen molar-refractivity contribution in [1.82, 2.24) is 0 Å². The molecule has 5 rings (SSSR count). The fourth-order valence-electron chi connectivity index (χ4n) is 4.67. The maximum Gasteiger partial charge on any atom is 0.261 e. The van der Waals surface area contributed by atoms with Crippen molar-refractivity contribution in [3.63, 3.8) is 0 Å². The summed E-state index contributed by atoms with van der Waals surface area (Å²) in [4.78, 5) is 0.223. The topological polar surface area (TPSA) is 67.4 Å². The molecule has 0 spiro atoms. The van der Waals surface area contributed by atoms with Crippen molar-refractivity contribution in [3.8, 4) is 5.75 Å². The van der Waals surface area contributed by atoms with Crippen LogP contribution >= 0.6 is 23.2 Å². The Labute approximate surface area is 203 Å². The Morgan fingerprint density at radius 1 is 1.00 bits per heavy atom. The zero-order valence-corrected chi connectivity index (χ0v) is 20.1. The van der Waals surface area contributed by atoms with Gasteiger partial charge < -0.3 is 10.1 Å². The minimum Gasteiger partial charge on any atom is -0.497 e. The number of halogens is 2. The van der Waals surface area contributed by atoms with Crippen molar-refractivity contribution in [2.75, 3.05) is 17.1 Å². The summed E-state index contributed by atoms with van der Waals surface area (Å²) in [6.07, 6.45) is 5.19. The van der Waals surface area contributed by atoms with E-state index in [1.807, 2.05) is 18.2 Å². The third-order valence-electron chi connectivity index (χ3n) is 6.28. The van der Waals surface area contributed by atoms with Crippen molar-refractivity contribution >= 4 is 44.6 Å². The number of hydrogen-bond donors (Lipinski definition) is 2. The van der Waals surface area contributed by atoms with Gasteiger partial charge in [-0.25, -0.2) is 8.42 Å². The number of hydrogen-bond acceptors (Lipinski definition) is 4. The van der Waals surface area contributed by atoms with E-state index in [2.05, 4.69) is 22.2 Å². The number of nitrogens with one attached hydrogen (secondary N) is 2. The molecule has 1 aliphatic carbocycles. The first-order chi connectivity index (χ1) is 15.9. The van der Waals surface area contributed by atoms with Gasteiger partial charge in [-0.2, -0.15) is 0 Å². The lowest BCUT2D eigenvalue weighted by atomic mass is 9.77. The van der Waals surface area contributed by atoms with Gasteiger partial charge in [0.15, 0.2) is 0 Å². The van der Waals surface area contributed by atoms with Crippen LogP contribution in [0.5, 0.6) is 5.75 Å². The summed E-state index contributed by atoms with van der Waals surface area (Å²) in [5, 5.41) is 4.81. The first-order valence-electron chi connectivity index (χ1n) is 10.5. The molecule has 170 valence electrons. The molecule has 0 aromatic heterocycles. The number of rotatable bonds is 5. The van der Waals surface area contributed by atoms with Crippen molar-refractivity contribution in [3.05, 3.63) is 94.0 Å². The van der Waals surface area contributed by atoms with E-state index in [-0.39, 0.29) is 22.8 Å². The number of benzene rings is 3. The molecule has 0 radical (unpaired) electrons. The molecule has 0 unspecified atom stereocenters. The van der Waals surface area contributed by atoms with Crippen LogP contribution in [0.3, 0.4) is 0 Å². The van der Waals surface area contributed by atoms with Crippen LogP contribution in [0.15, 0.2) is 77.7 Å². The quantitative estimate of drug-likeness (QED) is 0.385. The van der Waals surface area contributed by atoms with Gasteiger partial charge in [0.05, 0.1) is 18.0 Å². The first kappa shape index (κ1) is 22.1. The van der Waals surface area contributed by atoms with E-state index >= 15 is 0 Å². The molecule has 3 atom stereocenters. The van der Waals surface area contributed by atoms with Gasteiger partial charge >= 0.3 is 0 Å². The molecular formula is C25H22Cl2N2O3S. The highest BCUT2D eigenvalue weighted by atomic mass is 35.5. The van der Waals surface area contributed by atoms with E-state index in [4.69, 9.17) is 27.9 Å². The summed E-state index contributed by atoms with van der Waals surface area (Å²) in [5.41, 5.74) is 3.33. The van der Waals surface area contributed by atoms with E-state index in [1.54, 1.807) is 49.6 Å². The van der Waals surface area contributed by atoms with Crippen LogP contribution in [-0.2, 0) is 10.0 Å². The average molecular weight is 501 g/mol. The van der Waals surface area contributed by atoms with Gasteiger partial charge in [-0.15, -0.1) is 0 Å². The van der Waals surface area contributed by atoms with Crippen LogP contribution in [0.2, 0.25) is 10.0 Å².